The van der Waals surface area contributed by atoms with Crippen LogP contribution >= 0.6 is 11.6 Å². The fourth-order valence-electron chi connectivity index (χ4n) is 1.28. The molecule has 0 aliphatic heterocycles. The number of fused-ring (bicyclic) bond motifs is 1. The molecule has 62 valence electrons. The Balaban J connectivity index is 2.49. The van der Waals surface area contributed by atoms with E-state index in [2.05, 4.69) is 0 Å². The molecular weight excluding hydrogens is 186 g/mol. The zero-order valence-electron chi connectivity index (χ0n) is 5.77. The van der Waals surface area contributed by atoms with Crippen molar-refractivity contribution >= 4 is 16.8 Å². The summed E-state index contributed by atoms with van der Waals surface area (Å²) >= 11 is 5.14. The van der Waals surface area contributed by atoms with Crippen LogP contribution in [0.5, 0.6) is 0 Å². The number of halogens is 3. The van der Waals surface area contributed by atoms with E-state index >= 15 is 0 Å². The molecule has 12 heavy (non-hydrogen) atoms. The van der Waals surface area contributed by atoms with Crippen molar-refractivity contribution in [3.63, 3.8) is 0 Å². The first kappa shape index (κ1) is 7.68. The molecule has 1 atom stereocenters. The minimum atomic E-state index is -0.952. The van der Waals surface area contributed by atoms with Crippen LogP contribution in [0.25, 0.3) is 0 Å². The maximum absolute atomic E-state index is 12.8. The van der Waals surface area contributed by atoms with Gasteiger partial charge in [-0.25, -0.2) is 8.78 Å². The second-order valence-electron chi connectivity index (χ2n) is 2.60. The van der Waals surface area contributed by atoms with Gasteiger partial charge in [-0.1, -0.05) is 6.07 Å². The Labute approximate surface area is 72.0 Å². The lowest BCUT2D eigenvalue weighted by Crippen LogP contribution is -1.87. The van der Waals surface area contributed by atoms with E-state index in [0.717, 1.165) is 6.07 Å². The predicted octanol–water partition coefficient (Wildman–Crippen LogP) is 2.18. The standard InChI is InChI=1S/C8H3ClF2O/c9-8(12)6-3-1-2-4(10)7(11)5(3)6/h1-2,6H. The molecule has 0 amide bonds. The summed E-state index contributed by atoms with van der Waals surface area (Å²) in [5.74, 6) is -2.60. The molecule has 1 unspecified atom stereocenters. The number of hydrogen-bond donors (Lipinski definition) is 0. The van der Waals surface area contributed by atoms with Crippen LogP contribution in [0.1, 0.15) is 17.0 Å². The summed E-state index contributed by atoms with van der Waals surface area (Å²) in [5, 5.41) is -0.658. The lowest BCUT2D eigenvalue weighted by Gasteiger charge is -1.85. The summed E-state index contributed by atoms with van der Waals surface area (Å²) in [5.41, 5.74) is 0.601. The topological polar surface area (TPSA) is 17.1 Å². The monoisotopic (exact) mass is 188 g/mol. The summed E-state index contributed by atoms with van der Waals surface area (Å²) in [7, 11) is 0. The smallest absolute Gasteiger partial charge is 0.233 e. The largest absolute Gasteiger partial charge is 0.280 e. The Bertz CT molecular complexity index is 376. The lowest BCUT2D eigenvalue weighted by molar-refractivity contribution is -0.111. The number of carbonyl (C=O) groups is 1. The highest BCUT2D eigenvalue weighted by molar-refractivity contribution is 6.65. The first-order valence-electron chi connectivity index (χ1n) is 3.30. The Morgan fingerprint density at radius 3 is 2.67 bits per heavy atom. The Kier molecular flexibility index (Phi) is 1.45. The Morgan fingerprint density at radius 1 is 1.42 bits per heavy atom. The van der Waals surface area contributed by atoms with Gasteiger partial charge in [0.2, 0.25) is 5.24 Å². The first-order valence-corrected chi connectivity index (χ1v) is 3.68. The average Bonchev–Trinajstić information content (AvgIpc) is 2.71. The van der Waals surface area contributed by atoms with Gasteiger partial charge in [-0.15, -0.1) is 0 Å². The molecule has 4 heteroatoms. The van der Waals surface area contributed by atoms with Crippen molar-refractivity contribution < 1.29 is 13.6 Å². The van der Waals surface area contributed by atoms with E-state index in [1.54, 1.807) is 0 Å². The normalized spacial score (nSPS) is 18.8. The molecule has 0 aromatic heterocycles. The minimum Gasteiger partial charge on any atom is -0.280 e. The predicted molar refractivity (Wildman–Crippen MR) is 39.1 cm³/mol. The molecule has 0 saturated heterocycles. The van der Waals surface area contributed by atoms with E-state index in [-0.39, 0.29) is 5.56 Å². The molecule has 1 nitrogen and oxygen atoms in total. The SMILES string of the molecule is O=C(Cl)C1c2ccc(F)c(F)c21. The molecule has 2 rings (SSSR count). The molecule has 1 aromatic carbocycles. The van der Waals surface area contributed by atoms with E-state index in [4.69, 9.17) is 11.6 Å². The highest BCUT2D eigenvalue weighted by Crippen LogP contribution is 2.46. The number of rotatable bonds is 1. The van der Waals surface area contributed by atoms with Crippen LogP contribution in [0.2, 0.25) is 0 Å². The van der Waals surface area contributed by atoms with Gasteiger partial charge in [0, 0.05) is 5.56 Å². The van der Waals surface area contributed by atoms with Gasteiger partial charge in [-0.05, 0) is 23.2 Å². The van der Waals surface area contributed by atoms with Crippen molar-refractivity contribution in [3.8, 4) is 0 Å². The third kappa shape index (κ3) is 0.862. The van der Waals surface area contributed by atoms with Gasteiger partial charge in [0.1, 0.15) is 0 Å². The van der Waals surface area contributed by atoms with E-state index in [0.29, 0.717) is 5.56 Å². The van der Waals surface area contributed by atoms with Crippen LogP contribution in [0.4, 0.5) is 8.78 Å². The molecule has 0 spiro atoms. The fourth-order valence-corrected chi connectivity index (χ4v) is 1.51. The number of benzene rings is 1. The van der Waals surface area contributed by atoms with Gasteiger partial charge in [-0.2, -0.15) is 0 Å². The summed E-state index contributed by atoms with van der Waals surface area (Å²) in [6.07, 6.45) is 0. The highest BCUT2D eigenvalue weighted by atomic mass is 35.5. The summed E-state index contributed by atoms with van der Waals surface area (Å²) in [6.45, 7) is 0. The fraction of sp³-hybridized carbons (Fsp3) is 0.125. The van der Waals surface area contributed by atoms with Crippen molar-refractivity contribution in [1.82, 2.24) is 0 Å². The van der Waals surface area contributed by atoms with Crippen LogP contribution in [-0.4, -0.2) is 5.24 Å². The second kappa shape index (κ2) is 2.26. The zero-order chi connectivity index (χ0) is 8.88. The van der Waals surface area contributed by atoms with Crippen LogP contribution in [0, 0.1) is 11.6 Å². The maximum atomic E-state index is 12.8. The minimum absolute atomic E-state index is 0.106. The van der Waals surface area contributed by atoms with Gasteiger partial charge in [0.25, 0.3) is 0 Å². The van der Waals surface area contributed by atoms with Crippen molar-refractivity contribution in [2.24, 2.45) is 0 Å². The summed E-state index contributed by atoms with van der Waals surface area (Å²) in [6, 6.07) is 2.37. The first-order chi connectivity index (χ1) is 5.63. The lowest BCUT2D eigenvalue weighted by atomic mass is 10.3. The molecule has 1 aromatic rings. The van der Waals surface area contributed by atoms with Crippen LogP contribution < -0.4 is 0 Å². The highest BCUT2D eigenvalue weighted by Gasteiger charge is 2.42. The molecule has 0 radical (unpaired) electrons. The number of carbonyl (C=O) groups excluding carboxylic acids is 1. The van der Waals surface area contributed by atoms with Crippen molar-refractivity contribution in [2.75, 3.05) is 0 Å². The zero-order valence-corrected chi connectivity index (χ0v) is 6.53. The van der Waals surface area contributed by atoms with Gasteiger partial charge >= 0.3 is 0 Å². The Hall–Kier alpha value is -0.960. The summed E-state index contributed by atoms with van der Waals surface area (Å²) < 4.78 is 25.3. The van der Waals surface area contributed by atoms with Gasteiger partial charge in [0.15, 0.2) is 11.6 Å². The molecule has 0 heterocycles. The van der Waals surface area contributed by atoms with Gasteiger partial charge < -0.3 is 0 Å². The van der Waals surface area contributed by atoms with E-state index in [9.17, 15) is 13.6 Å². The van der Waals surface area contributed by atoms with E-state index < -0.39 is 22.8 Å². The van der Waals surface area contributed by atoms with E-state index in [1.165, 1.54) is 6.07 Å². The quantitative estimate of drug-likeness (QED) is 0.618. The molecule has 0 saturated carbocycles. The van der Waals surface area contributed by atoms with Crippen LogP contribution in [-0.2, 0) is 4.79 Å². The molecule has 0 bridgehead atoms. The van der Waals surface area contributed by atoms with E-state index in [1.807, 2.05) is 0 Å². The Morgan fingerprint density at radius 2 is 2.08 bits per heavy atom. The third-order valence-electron chi connectivity index (χ3n) is 1.91. The molecule has 0 fully saturated rings. The average molecular weight is 189 g/mol. The van der Waals surface area contributed by atoms with Gasteiger partial charge in [0.05, 0.1) is 5.92 Å². The van der Waals surface area contributed by atoms with Gasteiger partial charge in [-0.3, -0.25) is 4.79 Å². The van der Waals surface area contributed by atoms with Crippen molar-refractivity contribution in [3.05, 3.63) is 34.9 Å². The third-order valence-corrected chi connectivity index (χ3v) is 2.13. The number of hydrogen-bond acceptors (Lipinski definition) is 1. The summed E-state index contributed by atoms with van der Waals surface area (Å²) in [4.78, 5) is 10.6. The molecule has 0 N–H and O–H groups in total. The van der Waals surface area contributed by atoms with Crippen molar-refractivity contribution in [1.29, 1.82) is 0 Å². The molecular formula is C8H3ClF2O. The van der Waals surface area contributed by atoms with Crippen molar-refractivity contribution in [2.45, 2.75) is 5.92 Å². The molecule has 1 aliphatic rings. The van der Waals surface area contributed by atoms with Crippen LogP contribution in [0.15, 0.2) is 12.1 Å². The van der Waals surface area contributed by atoms with Crippen LogP contribution in [0.3, 0.4) is 0 Å². The molecule has 1 aliphatic carbocycles. The maximum Gasteiger partial charge on any atom is 0.233 e. The second-order valence-corrected chi connectivity index (χ2v) is 2.97.